The maximum absolute atomic E-state index is 4.83. The molecule has 48 valence electrons. The Kier molecular flexibility index (Phi) is 1.79. The molecule has 0 unspecified atom stereocenters. The molecule has 4 heteroatoms. The molecule has 1 aromatic heterocycles. The van der Waals surface area contributed by atoms with Crippen molar-refractivity contribution in [2.75, 3.05) is 7.11 Å². The van der Waals surface area contributed by atoms with Gasteiger partial charge in [-0.2, -0.15) is 0 Å². The van der Waals surface area contributed by atoms with E-state index in [1.54, 1.807) is 13.2 Å². The van der Waals surface area contributed by atoms with E-state index in [1.165, 1.54) is 6.33 Å². The van der Waals surface area contributed by atoms with Gasteiger partial charge in [0.15, 0.2) is 5.88 Å². The van der Waals surface area contributed by atoms with E-state index in [-0.39, 0.29) is 0 Å². The highest BCUT2D eigenvalue weighted by atomic mass is 32.1. The minimum absolute atomic E-state index is 0.533. The molecule has 0 aliphatic rings. The number of aromatic nitrogens is 2. The van der Waals surface area contributed by atoms with Gasteiger partial charge in [-0.1, -0.05) is 12.2 Å². The van der Waals surface area contributed by atoms with Crippen LogP contribution in [-0.2, 0) is 0 Å². The summed E-state index contributed by atoms with van der Waals surface area (Å²) in [6.07, 6.45) is 1.50. The van der Waals surface area contributed by atoms with Crippen LogP contribution < -0.4 is 4.74 Å². The van der Waals surface area contributed by atoms with Crippen LogP contribution in [0.25, 0.3) is 0 Å². The van der Waals surface area contributed by atoms with Crippen LogP contribution in [0.3, 0.4) is 0 Å². The van der Waals surface area contributed by atoms with Gasteiger partial charge in [-0.15, -0.1) is 0 Å². The normalized spacial score (nSPS) is 9.00. The van der Waals surface area contributed by atoms with Crippen LogP contribution in [0, 0.1) is 4.64 Å². The zero-order valence-corrected chi connectivity index (χ0v) is 5.73. The molecular formula is C5H6N2OS. The zero-order chi connectivity index (χ0) is 6.69. The third-order valence-corrected chi connectivity index (χ3v) is 1.10. The van der Waals surface area contributed by atoms with E-state index >= 15 is 0 Å². The number of nitrogens with zero attached hydrogens (tertiary/aromatic N) is 1. The number of H-pyrrole nitrogens is 1. The first-order valence-corrected chi connectivity index (χ1v) is 2.82. The van der Waals surface area contributed by atoms with Crippen molar-refractivity contribution < 1.29 is 4.74 Å². The molecule has 0 radical (unpaired) electrons. The number of hydrogen-bond donors (Lipinski definition) is 1. The monoisotopic (exact) mass is 142 g/mol. The van der Waals surface area contributed by atoms with E-state index in [4.69, 9.17) is 17.0 Å². The number of rotatable bonds is 1. The van der Waals surface area contributed by atoms with Crippen molar-refractivity contribution in [3.63, 3.8) is 0 Å². The molecule has 0 saturated carbocycles. The molecule has 0 bridgehead atoms. The Hall–Kier alpha value is -0.900. The Morgan fingerprint density at radius 2 is 2.56 bits per heavy atom. The van der Waals surface area contributed by atoms with Crippen molar-refractivity contribution in [1.82, 2.24) is 9.97 Å². The lowest BCUT2D eigenvalue weighted by Crippen LogP contribution is -1.86. The van der Waals surface area contributed by atoms with Crippen LogP contribution in [0.4, 0.5) is 0 Å². The van der Waals surface area contributed by atoms with Crippen molar-refractivity contribution in [2.24, 2.45) is 0 Å². The summed E-state index contributed by atoms with van der Waals surface area (Å²) in [5.41, 5.74) is 0. The van der Waals surface area contributed by atoms with Crippen LogP contribution in [0.1, 0.15) is 0 Å². The first-order chi connectivity index (χ1) is 4.33. The molecule has 1 heterocycles. The molecular weight excluding hydrogens is 136 g/mol. The summed E-state index contributed by atoms with van der Waals surface area (Å²) in [7, 11) is 1.57. The fourth-order valence-electron chi connectivity index (χ4n) is 0.468. The molecule has 0 spiro atoms. The summed E-state index contributed by atoms with van der Waals surface area (Å²) in [6.45, 7) is 0. The van der Waals surface area contributed by atoms with Gasteiger partial charge in [0.05, 0.1) is 13.4 Å². The predicted molar refractivity (Wildman–Crippen MR) is 36.0 cm³/mol. The third-order valence-electron chi connectivity index (χ3n) is 0.873. The molecule has 0 fully saturated rings. The standard InChI is InChI=1S/C5H6N2OS/c1-8-4-2-5(9)7-3-6-4/h2-3H,1H3,(H,6,7,9). The van der Waals surface area contributed by atoms with Gasteiger partial charge in [0.2, 0.25) is 0 Å². The molecule has 0 aliphatic heterocycles. The second-order valence-corrected chi connectivity index (χ2v) is 1.87. The molecule has 9 heavy (non-hydrogen) atoms. The van der Waals surface area contributed by atoms with Crippen molar-refractivity contribution in [3.8, 4) is 5.88 Å². The average Bonchev–Trinajstić information content (AvgIpc) is 1.88. The smallest absolute Gasteiger partial charge is 0.194 e. The van der Waals surface area contributed by atoms with Gasteiger partial charge >= 0.3 is 0 Å². The summed E-state index contributed by atoms with van der Waals surface area (Å²) in [5, 5.41) is 0. The Morgan fingerprint density at radius 3 is 3.00 bits per heavy atom. The first kappa shape index (κ1) is 6.22. The highest BCUT2D eigenvalue weighted by Gasteiger charge is 1.85. The predicted octanol–water partition coefficient (Wildman–Crippen LogP) is 1.15. The maximum Gasteiger partial charge on any atom is 0.194 e. The van der Waals surface area contributed by atoms with Crippen molar-refractivity contribution in [1.29, 1.82) is 0 Å². The summed E-state index contributed by atoms with van der Waals surface area (Å²) in [4.78, 5) is 6.53. The highest BCUT2D eigenvalue weighted by molar-refractivity contribution is 7.71. The Balaban J connectivity index is 3.08. The second-order valence-electron chi connectivity index (χ2n) is 1.45. The summed E-state index contributed by atoms with van der Waals surface area (Å²) >= 11 is 4.75. The highest BCUT2D eigenvalue weighted by Crippen LogP contribution is 2.00. The van der Waals surface area contributed by atoms with E-state index < -0.39 is 0 Å². The number of aromatic amines is 1. The largest absolute Gasteiger partial charge is 0.482 e. The van der Waals surface area contributed by atoms with Crippen LogP contribution in [0.15, 0.2) is 12.4 Å². The number of nitrogens with one attached hydrogen (secondary N) is 1. The minimum Gasteiger partial charge on any atom is -0.482 e. The van der Waals surface area contributed by atoms with Crippen LogP contribution in [-0.4, -0.2) is 17.1 Å². The lowest BCUT2D eigenvalue weighted by atomic mass is 10.6. The lowest BCUT2D eigenvalue weighted by Gasteiger charge is -1.94. The Morgan fingerprint density at radius 1 is 1.78 bits per heavy atom. The third kappa shape index (κ3) is 1.50. The second kappa shape index (κ2) is 2.59. The van der Waals surface area contributed by atoms with E-state index in [9.17, 15) is 0 Å². The summed E-state index contributed by atoms with van der Waals surface area (Å²) in [5.74, 6) is 0.634. The fourth-order valence-corrected chi connectivity index (χ4v) is 0.628. The SMILES string of the molecule is COc1cc(=S)nc[nH]1. The van der Waals surface area contributed by atoms with Gasteiger partial charge in [-0.25, -0.2) is 4.98 Å². The molecule has 1 N–H and O–H groups in total. The molecule has 3 nitrogen and oxygen atoms in total. The van der Waals surface area contributed by atoms with E-state index in [0.29, 0.717) is 10.5 Å². The fraction of sp³-hybridized carbons (Fsp3) is 0.200. The molecule has 0 amide bonds. The van der Waals surface area contributed by atoms with Crippen LogP contribution in [0.2, 0.25) is 0 Å². The van der Waals surface area contributed by atoms with E-state index in [1.807, 2.05) is 0 Å². The number of hydrogen-bond acceptors (Lipinski definition) is 3. The molecule has 1 aromatic rings. The molecule has 0 aromatic carbocycles. The van der Waals surface area contributed by atoms with Gasteiger partial charge in [0.1, 0.15) is 4.64 Å². The quantitative estimate of drug-likeness (QED) is 0.598. The summed E-state index contributed by atoms with van der Waals surface area (Å²) in [6, 6.07) is 1.65. The van der Waals surface area contributed by atoms with Gasteiger partial charge in [-0.3, -0.25) is 0 Å². The van der Waals surface area contributed by atoms with Gasteiger partial charge in [-0.05, 0) is 0 Å². The maximum atomic E-state index is 4.83. The van der Waals surface area contributed by atoms with Gasteiger partial charge in [0, 0.05) is 6.07 Å². The van der Waals surface area contributed by atoms with Gasteiger partial charge < -0.3 is 9.72 Å². The molecule has 0 aliphatic carbocycles. The number of methoxy groups -OCH3 is 1. The van der Waals surface area contributed by atoms with Crippen molar-refractivity contribution >= 4 is 12.2 Å². The number of ether oxygens (including phenoxy) is 1. The minimum atomic E-state index is 0.533. The lowest BCUT2D eigenvalue weighted by molar-refractivity contribution is 0.396. The van der Waals surface area contributed by atoms with E-state index in [0.717, 1.165) is 0 Å². The average molecular weight is 142 g/mol. The van der Waals surface area contributed by atoms with Crippen LogP contribution >= 0.6 is 12.2 Å². The topological polar surface area (TPSA) is 37.9 Å². The van der Waals surface area contributed by atoms with Gasteiger partial charge in [0.25, 0.3) is 0 Å². The Bertz CT molecular complexity index is 245. The van der Waals surface area contributed by atoms with Crippen LogP contribution in [0.5, 0.6) is 5.88 Å². The van der Waals surface area contributed by atoms with Crippen molar-refractivity contribution in [2.45, 2.75) is 0 Å². The molecule has 0 atom stereocenters. The summed E-state index contributed by atoms with van der Waals surface area (Å²) < 4.78 is 5.37. The first-order valence-electron chi connectivity index (χ1n) is 2.41. The Labute approximate surface area is 57.7 Å². The molecule has 1 rings (SSSR count). The molecule has 0 saturated heterocycles. The van der Waals surface area contributed by atoms with Crippen molar-refractivity contribution in [3.05, 3.63) is 17.0 Å². The van der Waals surface area contributed by atoms with E-state index in [2.05, 4.69) is 9.97 Å². The zero-order valence-electron chi connectivity index (χ0n) is 4.92.